The number of hydrogen-bond donors (Lipinski definition) is 2. The monoisotopic (exact) mass is 273 g/mol. The predicted octanol–water partition coefficient (Wildman–Crippen LogP) is 2.76. The van der Waals surface area contributed by atoms with Gasteiger partial charge in [-0.3, -0.25) is 0 Å². The third-order valence-electron chi connectivity index (χ3n) is 3.72. The molecule has 1 aromatic carbocycles. The second-order valence-electron chi connectivity index (χ2n) is 4.83. The van der Waals surface area contributed by atoms with Crippen LogP contribution in [0.5, 0.6) is 0 Å². The molecule has 1 fully saturated rings. The quantitative estimate of drug-likeness (QED) is 0.890. The average molecular weight is 273 g/mol. The van der Waals surface area contributed by atoms with Crippen molar-refractivity contribution in [2.75, 3.05) is 0 Å². The summed E-state index contributed by atoms with van der Waals surface area (Å²) in [5, 5.41) is 8.97. The summed E-state index contributed by atoms with van der Waals surface area (Å²) in [5.41, 5.74) is 1.94. The summed E-state index contributed by atoms with van der Waals surface area (Å²) < 4.78 is 39.3. The van der Waals surface area contributed by atoms with Crippen LogP contribution in [0.4, 0.5) is 13.2 Å². The third kappa shape index (κ3) is 2.10. The smallest absolute Gasteiger partial charge is 0.421 e. The molecule has 0 aliphatic heterocycles. The van der Waals surface area contributed by atoms with E-state index in [0.29, 0.717) is 5.56 Å². The molecule has 3 N–H and O–H groups in total. The summed E-state index contributed by atoms with van der Waals surface area (Å²) in [6.07, 6.45) is -2.57. The molecule has 0 saturated heterocycles. The number of benzene rings is 1. The van der Waals surface area contributed by atoms with Crippen molar-refractivity contribution in [1.29, 1.82) is 0 Å². The highest BCUT2D eigenvalue weighted by Crippen LogP contribution is 2.44. The van der Waals surface area contributed by atoms with Crippen LogP contribution in [0.2, 0.25) is 0 Å². The molecule has 3 nitrogen and oxygen atoms in total. The van der Waals surface area contributed by atoms with Gasteiger partial charge in [0.2, 0.25) is 5.54 Å². The van der Waals surface area contributed by atoms with Crippen molar-refractivity contribution in [1.82, 2.24) is 0 Å². The Hall–Kier alpha value is -1.56. The van der Waals surface area contributed by atoms with E-state index in [-0.39, 0.29) is 11.5 Å². The molecule has 1 aromatic rings. The summed E-state index contributed by atoms with van der Waals surface area (Å²) >= 11 is 0. The number of nitrogens with two attached hydrogens (primary N) is 1. The van der Waals surface area contributed by atoms with Crippen molar-refractivity contribution in [3.63, 3.8) is 0 Å². The lowest BCUT2D eigenvalue weighted by Gasteiger charge is -2.34. The Labute approximate surface area is 108 Å². The van der Waals surface area contributed by atoms with Gasteiger partial charge in [0.15, 0.2) is 0 Å². The molecule has 2 rings (SSSR count). The van der Waals surface area contributed by atoms with Crippen LogP contribution in [0.25, 0.3) is 0 Å². The summed E-state index contributed by atoms with van der Waals surface area (Å²) in [4.78, 5) is 11.1. The molecule has 19 heavy (non-hydrogen) atoms. The minimum Gasteiger partial charge on any atom is -0.479 e. The van der Waals surface area contributed by atoms with Crippen LogP contribution >= 0.6 is 0 Å². The number of aliphatic carboxylic acids is 1. The van der Waals surface area contributed by atoms with Gasteiger partial charge < -0.3 is 10.8 Å². The lowest BCUT2D eigenvalue weighted by atomic mass is 9.74. The maximum Gasteiger partial charge on any atom is 0.421 e. The highest BCUT2D eigenvalue weighted by atomic mass is 19.4. The van der Waals surface area contributed by atoms with Gasteiger partial charge in [-0.25, -0.2) is 4.79 Å². The maximum atomic E-state index is 13.1. The number of halogens is 3. The first-order valence-corrected chi connectivity index (χ1v) is 5.97. The topological polar surface area (TPSA) is 63.3 Å². The largest absolute Gasteiger partial charge is 0.479 e. The van der Waals surface area contributed by atoms with E-state index in [1.807, 2.05) is 0 Å². The van der Waals surface area contributed by atoms with Gasteiger partial charge in [-0.2, -0.15) is 13.2 Å². The van der Waals surface area contributed by atoms with Crippen LogP contribution in [0, 0.1) is 0 Å². The lowest BCUT2D eigenvalue weighted by molar-refractivity contribution is -0.205. The van der Waals surface area contributed by atoms with Gasteiger partial charge in [0.25, 0.3) is 0 Å². The van der Waals surface area contributed by atoms with E-state index in [0.717, 1.165) is 25.3 Å². The Bertz CT molecular complexity index is 497. The SMILES string of the molecule is NC(C(=O)O)(c1ccccc1C1CCC1)C(F)(F)F. The number of carbonyl (C=O) groups is 1. The fraction of sp³-hybridized carbons (Fsp3) is 0.462. The van der Waals surface area contributed by atoms with Crippen molar-refractivity contribution in [3.8, 4) is 0 Å². The molecule has 6 heteroatoms. The zero-order chi connectivity index (χ0) is 14.3. The van der Waals surface area contributed by atoms with Crippen molar-refractivity contribution in [3.05, 3.63) is 35.4 Å². The molecular weight excluding hydrogens is 259 g/mol. The standard InChI is InChI=1S/C13H14F3NO2/c14-13(15,16)12(17,11(18)19)10-7-2-1-6-9(10)8-4-3-5-8/h1-2,6-8H,3-5,17H2,(H,18,19). The highest BCUT2D eigenvalue weighted by molar-refractivity contribution is 5.82. The van der Waals surface area contributed by atoms with E-state index >= 15 is 0 Å². The van der Waals surface area contributed by atoms with E-state index < -0.39 is 17.7 Å². The Balaban J connectivity index is 2.57. The normalized spacial score (nSPS) is 19.6. The van der Waals surface area contributed by atoms with Crippen molar-refractivity contribution < 1.29 is 23.1 Å². The van der Waals surface area contributed by atoms with Gasteiger partial charge in [-0.05, 0) is 29.9 Å². The van der Waals surface area contributed by atoms with E-state index in [1.54, 1.807) is 6.07 Å². The number of carboxylic acid groups (broad SMARTS) is 1. The minimum atomic E-state index is -5.04. The number of carboxylic acids is 1. The fourth-order valence-corrected chi connectivity index (χ4v) is 2.32. The maximum absolute atomic E-state index is 13.1. The Kier molecular flexibility index (Phi) is 3.30. The van der Waals surface area contributed by atoms with Crippen molar-refractivity contribution in [2.45, 2.75) is 36.9 Å². The number of alkyl halides is 3. The van der Waals surface area contributed by atoms with Crippen molar-refractivity contribution >= 4 is 5.97 Å². The van der Waals surface area contributed by atoms with Crippen molar-refractivity contribution in [2.24, 2.45) is 5.73 Å². The summed E-state index contributed by atoms with van der Waals surface area (Å²) in [6.45, 7) is 0. The zero-order valence-corrected chi connectivity index (χ0v) is 10.1. The van der Waals surface area contributed by atoms with Crippen LogP contribution in [0.15, 0.2) is 24.3 Å². The molecule has 0 aromatic heterocycles. The minimum absolute atomic E-state index is 0.0270. The Morgan fingerprint density at radius 1 is 1.26 bits per heavy atom. The average Bonchev–Trinajstić information content (AvgIpc) is 2.24. The molecular formula is C13H14F3NO2. The van der Waals surface area contributed by atoms with E-state index in [9.17, 15) is 18.0 Å². The van der Waals surface area contributed by atoms with Gasteiger partial charge in [-0.15, -0.1) is 0 Å². The lowest BCUT2D eigenvalue weighted by Crippen LogP contribution is -2.57. The van der Waals surface area contributed by atoms with Crippen LogP contribution < -0.4 is 5.73 Å². The number of rotatable bonds is 3. The zero-order valence-electron chi connectivity index (χ0n) is 10.1. The first kappa shape index (κ1) is 13.9. The Morgan fingerprint density at radius 2 is 1.84 bits per heavy atom. The van der Waals surface area contributed by atoms with Gasteiger partial charge in [0.1, 0.15) is 0 Å². The molecule has 1 saturated carbocycles. The molecule has 104 valence electrons. The Morgan fingerprint density at radius 3 is 2.26 bits per heavy atom. The van der Waals surface area contributed by atoms with Crippen LogP contribution in [0.3, 0.4) is 0 Å². The van der Waals surface area contributed by atoms with Gasteiger partial charge >= 0.3 is 12.1 Å². The van der Waals surface area contributed by atoms with E-state index in [4.69, 9.17) is 10.8 Å². The summed E-state index contributed by atoms with van der Waals surface area (Å²) in [6, 6.07) is 5.69. The molecule has 0 amide bonds. The predicted molar refractivity (Wildman–Crippen MR) is 62.6 cm³/mol. The third-order valence-corrected chi connectivity index (χ3v) is 3.72. The highest BCUT2D eigenvalue weighted by Gasteiger charge is 2.60. The van der Waals surface area contributed by atoms with Crippen LogP contribution in [0.1, 0.15) is 36.3 Å². The summed E-state index contributed by atoms with van der Waals surface area (Å²) in [7, 11) is 0. The fourth-order valence-electron chi connectivity index (χ4n) is 2.32. The van der Waals surface area contributed by atoms with E-state index in [2.05, 4.69) is 0 Å². The second kappa shape index (κ2) is 4.52. The van der Waals surface area contributed by atoms with Gasteiger partial charge in [-0.1, -0.05) is 30.7 Å². The first-order valence-electron chi connectivity index (χ1n) is 5.97. The van der Waals surface area contributed by atoms with Gasteiger partial charge in [0, 0.05) is 0 Å². The first-order chi connectivity index (χ1) is 8.78. The molecule has 1 unspecified atom stereocenters. The van der Waals surface area contributed by atoms with Crippen LogP contribution in [-0.4, -0.2) is 17.3 Å². The molecule has 0 radical (unpaired) electrons. The molecule has 1 aliphatic carbocycles. The van der Waals surface area contributed by atoms with Crippen LogP contribution in [-0.2, 0) is 10.3 Å². The van der Waals surface area contributed by atoms with E-state index in [1.165, 1.54) is 12.1 Å². The summed E-state index contributed by atoms with van der Waals surface area (Å²) in [5.74, 6) is -2.10. The molecule has 0 heterocycles. The molecule has 0 spiro atoms. The molecule has 1 aliphatic rings. The molecule has 0 bridgehead atoms. The van der Waals surface area contributed by atoms with Gasteiger partial charge in [0.05, 0.1) is 0 Å². The molecule has 1 atom stereocenters. The second-order valence-corrected chi connectivity index (χ2v) is 4.83. The number of hydrogen-bond acceptors (Lipinski definition) is 2.